The fourth-order valence-corrected chi connectivity index (χ4v) is 2.83. The van der Waals surface area contributed by atoms with E-state index in [1.54, 1.807) is 0 Å². The zero-order valence-electron chi connectivity index (χ0n) is 11.8. The molecule has 0 spiro atoms. The lowest BCUT2D eigenvalue weighted by atomic mass is 9.94. The molecule has 3 heteroatoms. The van der Waals surface area contributed by atoms with Crippen LogP contribution in [0.15, 0.2) is 34.9 Å². The zero-order valence-corrected chi connectivity index (χ0v) is 13.4. The predicted molar refractivity (Wildman–Crippen MR) is 83.5 cm³/mol. The lowest BCUT2D eigenvalue weighted by Crippen LogP contribution is -2.20. The largest absolute Gasteiger partial charge is 0.308 e. The molecule has 2 rings (SSSR count). The van der Waals surface area contributed by atoms with Crippen LogP contribution in [0.25, 0.3) is 0 Å². The summed E-state index contributed by atoms with van der Waals surface area (Å²) in [5.74, 6) is 0. The maximum absolute atomic E-state index is 4.51. The third kappa shape index (κ3) is 2.88. The smallest absolute Gasteiger partial charge is 0.0763 e. The Bertz CT molecular complexity index is 593. The van der Waals surface area contributed by atoms with Crippen LogP contribution in [0.1, 0.15) is 34.0 Å². The molecule has 0 saturated heterocycles. The van der Waals surface area contributed by atoms with Gasteiger partial charge in [0.05, 0.1) is 11.7 Å². The van der Waals surface area contributed by atoms with E-state index in [9.17, 15) is 0 Å². The average molecular weight is 319 g/mol. The van der Waals surface area contributed by atoms with Crippen molar-refractivity contribution < 1.29 is 0 Å². The van der Waals surface area contributed by atoms with E-state index in [4.69, 9.17) is 0 Å². The van der Waals surface area contributed by atoms with Gasteiger partial charge in [0.2, 0.25) is 0 Å². The summed E-state index contributed by atoms with van der Waals surface area (Å²) in [4.78, 5) is 4.51. The summed E-state index contributed by atoms with van der Waals surface area (Å²) in [7, 11) is 1.97. The molecule has 0 amide bonds. The predicted octanol–water partition coefficient (Wildman–Crippen LogP) is 4.08. The summed E-state index contributed by atoms with van der Waals surface area (Å²) in [6.45, 7) is 6.46. The van der Waals surface area contributed by atoms with E-state index in [0.29, 0.717) is 0 Å². The van der Waals surface area contributed by atoms with Gasteiger partial charge in [-0.05, 0) is 78.1 Å². The van der Waals surface area contributed by atoms with Crippen molar-refractivity contribution in [1.29, 1.82) is 0 Å². The molecule has 1 N–H and O–H groups in total. The maximum Gasteiger partial charge on any atom is 0.0763 e. The highest BCUT2D eigenvalue weighted by Crippen LogP contribution is 2.29. The minimum atomic E-state index is 0.106. The first-order valence-electron chi connectivity index (χ1n) is 6.40. The first-order valence-corrected chi connectivity index (χ1v) is 7.19. The lowest BCUT2D eigenvalue weighted by Gasteiger charge is -2.21. The second-order valence-corrected chi connectivity index (χ2v) is 5.74. The zero-order chi connectivity index (χ0) is 14.0. The van der Waals surface area contributed by atoms with Gasteiger partial charge in [0.1, 0.15) is 0 Å². The van der Waals surface area contributed by atoms with Crippen molar-refractivity contribution in [3.8, 4) is 0 Å². The summed E-state index contributed by atoms with van der Waals surface area (Å²) >= 11 is 3.59. The number of hydrogen-bond donors (Lipinski definition) is 1. The second-order valence-electron chi connectivity index (χ2n) is 4.89. The van der Waals surface area contributed by atoms with Crippen LogP contribution in [0.5, 0.6) is 0 Å². The highest BCUT2D eigenvalue weighted by Gasteiger charge is 2.18. The fourth-order valence-electron chi connectivity index (χ4n) is 2.34. The molecule has 0 radical (unpaired) electrons. The number of hydrogen-bond acceptors (Lipinski definition) is 2. The highest BCUT2D eigenvalue weighted by atomic mass is 79.9. The first-order chi connectivity index (χ1) is 9.04. The van der Waals surface area contributed by atoms with Crippen molar-refractivity contribution in [2.45, 2.75) is 26.8 Å². The van der Waals surface area contributed by atoms with E-state index < -0.39 is 0 Å². The number of aromatic nitrogens is 1. The summed E-state index contributed by atoms with van der Waals surface area (Å²) in [6.07, 6.45) is 1.83. The molecular weight excluding hydrogens is 300 g/mol. The quantitative estimate of drug-likeness (QED) is 0.922. The molecular formula is C16H19BrN2. The Morgan fingerprint density at radius 2 is 1.79 bits per heavy atom. The number of aryl methyl sites for hydroxylation is 3. The molecule has 1 heterocycles. The Morgan fingerprint density at radius 3 is 2.42 bits per heavy atom. The molecule has 1 aromatic heterocycles. The lowest BCUT2D eigenvalue weighted by molar-refractivity contribution is 0.663. The van der Waals surface area contributed by atoms with Crippen molar-refractivity contribution in [2.75, 3.05) is 7.05 Å². The minimum Gasteiger partial charge on any atom is -0.308 e. The van der Waals surface area contributed by atoms with Gasteiger partial charge < -0.3 is 5.32 Å². The van der Waals surface area contributed by atoms with Gasteiger partial charge in [0, 0.05) is 10.7 Å². The molecule has 100 valence electrons. The Labute approximate surface area is 123 Å². The highest BCUT2D eigenvalue weighted by molar-refractivity contribution is 9.10. The summed E-state index contributed by atoms with van der Waals surface area (Å²) in [6, 6.07) is 8.57. The number of halogens is 1. The van der Waals surface area contributed by atoms with Crippen molar-refractivity contribution in [3.05, 3.63) is 62.9 Å². The van der Waals surface area contributed by atoms with Crippen LogP contribution in [0.4, 0.5) is 0 Å². The number of nitrogens with one attached hydrogen (secondary N) is 1. The SMILES string of the molecule is CNC(c1cc(C)c(C)cc1C)c1ncccc1Br. The number of rotatable bonds is 3. The molecule has 19 heavy (non-hydrogen) atoms. The van der Waals surface area contributed by atoms with E-state index in [-0.39, 0.29) is 6.04 Å². The fraction of sp³-hybridized carbons (Fsp3) is 0.312. The van der Waals surface area contributed by atoms with Crippen LogP contribution in [-0.2, 0) is 0 Å². The summed E-state index contributed by atoms with van der Waals surface area (Å²) < 4.78 is 1.03. The average Bonchev–Trinajstić information content (AvgIpc) is 2.38. The monoisotopic (exact) mass is 318 g/mol. The normalized spacial score (nSPS) is 12.5. The van der Waals surface area contributed by atoms with Gasteiger partial charge in [-0.2, -0.15) is 0 Å². The van der Waals surface area contributed by atoms with E-state index in [1.807, 2.05) is 25.4 Å². The first kappa shape index (κ1) is 14.2. The number of pyridine rings is 1. The van der Waals surface area contributed by atoms with E-state index in [1.165, 1.54) is 22.3 Å². The van der Waals surface area contributed by atoms with E-state index >= 15 is 0 Å². The number of benzene rings is 1. The molecule has 2 nitrogen and oxygen atoms in total. The Kier molecular flexibility index (Phi) is 4.38. The van der Waals surface area contributed by atoms with Crippen LogP contribution >= 0.6 is 15.9 Å². The minimum absolute atomic E-state index is 0.106. The van der Waals surface area contributed by atoms with Crippen LogP contribution < -0.4 is 5.32 Å². The van der Waals surface area contributed by atoms with Gasteiger partial charge in [0.15, 0.2) is 0 Å². The van der Waals surface area contributed by atoms with Gasteiger partial charge in [-0.25, -0.2) is 0 Å². The number of nitrogens with zero attached hydrogens (tertiary/aromatic N) is 1. The summed E-state index contributed by atoms with van der Waals surface area (Å²) in [5, 5.41) is 3.37. The molecule has 1 atom stereocenters. The van der Waals surface area contributed by atoms with Crippen molar-refractivity contribution in [3.63, 3.8) is 0 Å². The molecule has 0 aliphatic heterocycles. The molecule has 0 fully saturated rings. The Balaban J connectivity index is 2.55. The summed E-state index contributed by atoms with van der Waals surface area (Å²) in [5.41, 5.74) is 6.24. The van der Waals surface area contributed by atoms with Crippen LogP contribution in [-0.4, -0.2) is 12.0 Å². The Morgan fingerprint density at radius 1 is 1.11 bits per heavy atom. The van der Waals surface area contributed by atoms with Crippen molar-refractivity contribution >= 4 is 15.9 Å². The molecule has 1 aromatic carbocycles. The van der Waals surface area contributed by atoms with Gasteiger partial charge in [-0.1, -0.05) is 12.1 Å². The van der Waals surface area contributed by atoms with Gasteiger partial charge in [-0.3, -0.25) is 4.98 Å². The van der Waals surface area contributed by atoms with Gasteiger partial charge >= 0.3 is 0 Å². The maximum atomic E-state index is 4.51. The van der Waals surface area contributed by atoms with Crippen LogP contribution in [0.2, 0.25) is 0 Å². The second kappa shape index (κ2) is 5.85. The van der Waals surface area contributed by atoms with Crippen LogP contribution in [0.3, 0.4) is 0 Å². The standard InChI is InChI=1S/C16H19BrN2/c1-10-8-12(3)13(9-11(10)2)15(18-4)16-14(17)6-5-7-19-16/h5-9,15,18H,1-4H3. The van der Waals surface area contributed by atoms with E-state index in [2.05, 4.69) is 59.1 Å². The van der Waals surface area contributed by atoms with Gasteiger partial charge in [0.25, 0.3) is 0 Å². The molecule has 0 aliphatic carbocycles. The molecule has 0 bridgehead atoms. The van der Waals surface area contributed by atoms with Gasteiger partial charge in [-0.15, -0.1) is 0 Å². The Hall–Kier alpha value is -1.19. The molecule has 1 unspecified atom stereocenters. The van der Waals surface area contributed by atoms with Crippen molar-refractivity contribution in [2.24, 2.45) is 0 Å². The molecule has 0 aliphatic rings. The third-order valence-electron chi connectivity index (χ3n) is 3.54. The van der Waals surface area contributed by atoms with Crippen LogP contribution in [0, 0.1) is 20.8 Å². The molecule has 0 saturated carbocycles. The third-order valence-corrected chi connectivity index (χ3v) is 4.21. The topological polar surface area (TPSA) is 24.9 Å². The molecule has 2 aromatic rings. The van der Waals surface area contributed by atoms with Crippen molar-refractivity contribution in [1.82, 2.24) is 10.3 Å². The van der Waals surface area contributed by atoms with E-state index in [0.717, 1.165) is 10.2 Å².